The fourth-order valence-corrected chi connectivity index (χ4v) is 5.01. The van der Waals surface area contributed by atoms with E-state index in [0.717, 1.165) is 18.0 Å². The summed E-state index contributed by atoms with van der Waals surface area (Å²) in [6, 6.07) is 7.77. The minimum Gasteiger partial charge on any atom is -0.872 e. The Labute approximate surface area is 190 Å². The Bertz CT molecular complexity index is 1010. The molecule has 8 nitrogen and oxygen atoms in total. The number of nitrogens with one attached hydrogen (secondary N) is 1. The first-order valence-corrected chi connectivity index (χ1v) is 11.4. The summed E-state index contributed by atoms with van der Waals surface area (Å²) in [4.78, 5) is 29.7. The molecule has 0 spiro atoms. The summed E-state index contributed by atoms with van der Waals surface area (Å²) < 4.78 is 15.9. The van der Waals surface area contributed by atoms with Crippen LogP contribution in [-0.2, 0) is 14.3 Å². The number of carbonyl (C=O) groups excluding carboxylic acids is 2. The molecule has 2 aromatic rings. The largest absolute Gasteiger partial charge is 0.872 e. The van der Waals surface area contributed by atoms with Crippen LogP contribution in [0.3, 0.4) is 0 Å². The average Bonchev–Trinajstić information content (AvgIpc) is 3.44. The van der Waals surface area contributed by atoms with Gasteiger partial charge in [-0.3, -0.25) is 9.59 Å². The Hall–Kier alpha value is -2.88. The highest BCUT2D eigenvalue weighted by Gasteiger charge is 2.45. The normalized spacial score (nSPS) is 21.2. The number of morpholine rings is 1. The second-order valence-electron chi connectivity index (χ2n) is 7.67. The zero-order chi connectivity index (χ0) is 22.7. The van der Waals surface area contributed by atoms with Gasteiger partial charge in [0.2, 0.25) is 5.78 Å². The van der Waals surface area contributed by atoms with Crippen molar-refractivity contribution in [3.8, 4) is 11.5 Å². The Balaban J connectivity index is 1.71. The molecule has 32 heavy (non-hydrogen) atoms. The molecular weight excluding hydrogens is 432 g/mol. The summed E-state index contributed by atoms with van der Waals surface area (Å²) in [5.74, 6) is -0.965. The number of hydrogen-bond acceptors (Lipinski definition) is 7. The molecule has 2 aliphatic rings. The number of rotatable bonds is 7. The Morgan fingerprint density at radius 2 is 1.94 bits per heavy atom. The summed E-state index contributed by atoms with van der Waals surface area (Å²) in [6.45, 7) is 4.19. The first-order valence-electron chi connectivity index (χ1n) is 10.5. The van der Waals surface area contributed by atoms with Crippen LogP contribution < -0.4 is 19.5 Å². The van der Waals surface area contributed by atoms with E-state index in [0.29, 0.717) is 37.8 Å². The lowest BCUT2D eigenvalue weighted by Gasteiger charge is -2.29. The summed E-state index contributed by atoms with van der Waals surface area (Å²) in [5, 5.41) is 15.4. The third-order valence-electron chi connectivity index (χ3n) is 5.89. The first kappa shape index (κ1) is 22.3. The molecule has 0 bridgehead atoms. The molecule has 3 heterocycles. The lowest BCUT2D eigenvalue weighted by molar-refractivity contribution is -0.907. The molecule has 2 aliphatic heterocycles. The van der Waals surface area contributed by atoms with Gasteiger partial charge < -0.3 is 29.1 Å². The van der Waals surface area contributed by atoms with E-state index in [1.807, 2.05) is 17.5 Å². The number of benzene rings is 1. The van der Waals surface area contributed by atoms with Gasteiger partial charge >= 0.3 is 0 Å². The van der Waals surface area contributed by atoms with Gasteiger partial charge in [0.05, 0.1) is 46.6 Å². The molecule has 1 amide bonds. The van der Waals surface area contributed by atoms with Crippen LogP contribution in [0.2, 0.25) is 0 Å². The van der Waals surface area contributed by atoms with E-state index in [2.05, 4.69) is 0 Å². The lowest BCUT2D eigenvalue weighted by Crippen LogP contribution is -3.14. The fourth-order valence-electron chi connectivity index (χ4n) is 4.17. The molecule has 0 saturated carbocycles. The molecule has 0 aliphatic carbocycles. The molecule has 1 unspecified atom stereocenters. The number of nitrogens with zero attached hydrogens (tertiary/aromatic N) is 1. The molecule has 4 rings (SSSR count). The maximum absolute atomic E-state index is 13.5. The van der Waals surface area contributed by atoms with Gasteiger partial charge in [-0.1, -0.05) is 17.9 Å². The highest BCUT2D eigenvalue weighted by Crippen LogP contribution is 2.41. The molecule has 2 fully saturated rings. The first-order chi connectivity index (χ1) is 15.5. The number of ketones is 1. The minimum atomic E-state index is -0.736. The Morgan fingerprint density at radius 3 is 2.59 bits per heavy atom. The third kappa shape index (κ3) is 4.23. The zero-order valence-corrected chi connectivity index (χ0v) is 18.9. The van der Waals surface area contributed by atoms with Crippen molar-refractivity contribution in [3.63, 3.8) is 0 Å². The van der Waals surface area contributed by atoms with Gasteiger partial charge in [0.1, 0.15) is 13.1 Å². The zero-order valence-electron chi connectivity index (χ0n) is 18.1. The molecular formula is C23H26N2O6S. The quantitative estimate of drug-likeness (QED) is 0.354. The molecule has 1 aromatic heterocycles. The third-order valence-corrected chi connectivity index (χ3v) is 6.82. The summed E-state index contributed by atoms with van der Waals surface area (Å²) in [7, 11) is 2.99. The van der Waals surface area contributed by atoms with Crippen LogP contribution >= 0.6 is 11.3 Å². The monoisotopic (exact) mass is 458 g/mol. The number of likely N-dealkylation sites (tertiary alicyclic amines) is 1. The van der Waals surface area contributed by atoms with Crippen molar-refractivity contribution in [3.05, 3.63) is 51.7 Å². The summed E-state index contributed by atoms with van der Waals surface area (Å²) in [5.41, 5.74) is 0.266. The fraction of sp³-hybridized carbons (Fsp3) is 0.391. The maximum Gasteiger partial charge on any atom is 0.295 e. The van der Waals surface area contributed by atoms with Gasteiger partial charge in [-0.2, -0.15) is 0 Å². The van der Waals surface area contributed by atoms with Crippen LogP contribution in [0.25, 0.3) is 5.76 Å². The van der Waals surface area contributed by atoms with Crippen molar-refractivity contribution in [2.45, 2.75) is 6.04 Å². The van der Waals surface area contributed by atoms with Crippen molar-refractivity contribution in [1.29, 1.82) is 0 Å². The Morgan fingerprint density at radius 1 is 1.19 bits per heavy atom. The molecule has 170 valence electrons. The summed E-state index contributed by atoms with van der Waals surface area (Å²) in [6.07, 6.45) is 0. The molecule has 1 N–H and O–H groups in total. The predicted octanol–water partition coefficient (Wildman–Crippen LogP) is -0.0956. The second kappa shape index (κ2) is 9.72. The van der Waals surface area contributed by atoms with Gasteiger partial charge in [0.15, 0.2) is 11.5 Å². The van der Waals surface area contributed by atoms with E-state index in [1.165, 1.54) is 36.5 Å². The number of carbonyl (C=O) groups is 2. The highest BCUT2D eigenvalue weighted by molar-refractivity contribution is 7.10. The van der Waals surface area contributed by atoms with Crippen LogP contribution in [-0.4, -0.2) is 70.2 Å². The number of ether oxygens (including phenoxy) is 3. The van der Waals surface area contributed by atoms with Gasteiger partial charge in [-0.25, -0.2) is 0 Å². The van der Waals surface area contributed by atoms with Crippen molar-refractivity contribution in [2.75, 3.05) is 53.6 Å². The number of thiophene rings is 1. The van der Waals surface area contributed by atoms with Crippen LogP contribution in [0, 0.1) is 0 Å². The van der Waals surface area contributed by atoms with Crippen molar-refractivity contribution in [2.24, 2.45) is 0 Å². The van der Waals surface area contributed by atoms with E-state index < -0.39 is 23.5 Å². The van der Waals surface area contributed by atoms with Crippen molar-refractivity contribution >= 4 is 28.8 Å². The summed E-state index contributed by atoms with van der Waals surface area (Å²) >= 11 is 1.43. The van der Waals surface area contributed by atoms with Gasteiger partial charge in [0.25, 0.3) is 5.91 Å². The average molecular weight is 459 g/mol. The van der Waals surface area contributed by atoms with Gasteiger partial charge in [-0.15, -0.1) is 11.3 Å². The van der Waals surface area contributed by atoms with E-state index in [9.17, 15) is 14.7 Å². The van der Waals surface area contributed by atoms with Crippen molar-refractivity contribution < 1.29 is 33.8 Å². The van der Waals surface area contributed by atoms with Crippen LogP contribution in [0.15, 0.2) is 41.3 Å². The smallest absolute Gasteiger partial charge is 0.295 e. The molecule has 1 aromatic carbocycles. The lowest BCUT2D eigenvalue weighted by atomic mass is 9.99. The molecule has 9 heteroatoms. The van der Waals surface area contributed by atoms with E-state index in [-0.39, 0.29) is 11.1 Å². The topological polar surface area (TPSA) is 92.6 Å². The van der Waals surface area contributed by atoms with Crippen molar-refractivity contribution in [1.82, 2.24) is 4.90 Å². The number of amides is 1. The number of Topliss-reactive ketones (excluding diaryl/α,β-unsaturated/α-hetero) is 1. The van der Waals surface area contributed by atoms with Crippen LogP contribution in [0.5, 0.6) is 11.5 Å². The van der Waals surface area contributed by atoms with E-state index in [1.54, 1.807) is 17.0 Å². The minimum absolute atomic E-state index is 0.0124. The standard InChI is InChI=1S/C23H26N2O6S/c1-29-16-6-5-15(14-17(16)30-2)21(26)19-20(18-4-3-13-32-18)25(23(28)22(19)27)8-7-24-9-11-31-12-10-24/h3-6,13-14,20,26H,7-12H2,1-2H3. The molecule has 0 radical (unpaired) electrons. The van der Waals surface area contributed by atoms with E-state index in [4.69, 9.17) is 14.2 Å². The number of quaternary nitrogens is 1. The molecule has 2 saturated heterocycles. The van der Waals surface area contributed by atoms with Crippen LogP contribution in [0.1, 0.15) is 16.5 Å². The molecule has 1 atom stereocenters. The Kier molecular flexibility index (Phi) is 6.78. The van der Waals surface area contributed by atoms with E-state index >= 15 is 0 Å². The highest BCUT2D eigenvalue weighted by atomic mass is 32.1. The second-order valence-corrected chi connectivity index (χ2v) is 8.65. The number of hydrogen-bond donors (Lipinski definition) is 1. The van der Waals surface area contributed by atoms with Gasteiger partial charge in [-0.05, 0) is 29.1 Å². The predicted molar refractivity (Wildman–Crippen MR) is 117 cm³/mol. The van der Waals surface area contributed by atoms with Gasteiger partial charge in [0, 0.05) is 10.5 Å². The number of methoxy groups -OCH3 is 2. The van der Waals surface area contributed by atoms with Crippen LogP contribution in [0.4, 0.5) is 0 Å². The SMILES string of the molecule is COc1ccc(C([O-])=C2C(=O)C(=O)N(CC[NH+]3CCOCC3)C2c2cccs2)cc1OC. The maximum atomic E-state index is 13.5.